The smallest absolute Gasteiger partial charge is 0.225 e. The number of aryl methyl sites for hydroxylation is 1. The number of rotatable bonds is 5. The Kier molecular flexibility index (Phi) is 5.33. The monoisotopic (exact) mass is 381 g/mol. The number of pyridine rings is 2. The summed E-state index contributed by atoms with van der Waals surface area (Å²) in [6.45, 7) is 0. The quantitative estimate of drug-likeness (QED) is 0.708. The Balaban J connectivity index is 1.58. The molecule has 24 heavy (non-hydrogen) atoms. The highest BCUT2D eigenvalue weighted by Gasteiger charge is 2.05. The number of halogens is 1. The van der Waals surface area contributed by atoms with E-state index < -0.39 is 0 Å². The summed E-state index contributed by atoms with van der Waals surface area (Å²) >= 11 is 3.46. The van der Waals surface area contributed by atoms with Gasteiger partial charge in [0.25, 0.3) is 0 Å². The van der Waals surface area contributed by atoms with Gasteiger partial charge in [0.05, 0.1) is 0 Å². The first-order valence-corrected chi connectivity index (χ1v) is 8.41. The lowest BCUT2D eigenvalue weighted by atomic mass is 10.1. The molecule has 1 amide bonds. The van der Waals surface area contributed by atoms with Crippen molar-refractivity contribution in [3.05, 3.63) is 77.2 Å². The molecule has 0 bridgehead atoms. The van der Waals surface area contributed by atoms with E-state index >= 15 is 0 Å². The molecule has 2 aromatic heterocycles. The highest BCUT2D eigenvalue weighted by Crippen LogP contribution is 2.23. The minimum absolute atomic E-state index is 0.0541. The van der Waals surface area contributed by atoms with Crippen molar-refractivity contribution in [2.24, 2.45) is 0 Å². The molecule has 3 rings (SSSR count). The van der Waals surface area contributed by atoms with Gasteiger partial charge in [-0.05, 0) is 47.9 Å². The maximum Gasteiger partial charge on any atom is 0.225 e. The molecule has 0 radical (unpaired) electrons. The van der Waals surface area contributed by atoms with Crippen molar-refractivity contribution >= 4 is 27.7 Å². The summed E-state index contributed by atoms with van der Waals surface area (Å²) in [5, 5.41) is 2.82. The molecule has 0 aliphatic rings. The fourth-order valence-corrected chi connectivity index (χ4v) is 2.72. The lowest BCUT2D eigenvalue weighted by molar-refractivity contribution is -0.116. The molecule has 0 aliphatic heterocycles. The SMILES string of the molecule is O=C(CCc1cccnc1)Nc1ccc(-c2cccc(Br)c2)cn1. The van der Waals surface area contributed by atoms with Crippen molar-refractivity contribution in [1.29, 1.82) is 0 Å². The van der Waals surface area contributed by atoms with Crippen LogP contribution in [0.2, 0.25) is 0 Å². The van der Waals surface area contributed by atoms with Crippen molar-refractivity contribution < 1.29 is 4.79 Å². The molecule has 1 aromatic carbocycles. The minimum atomic E-state index is -0.0541. The summed E-state index contributed by atoms with van der Waals surface area (Å²) in [6, 6.07) is 15.6. The fraction of sp³-hybridized carbons (Fsp3) is 0.105. The van der Waals surface area contributed by atoms with Gasteiger partial charge in [-0.1, -0.05) is 34.1 Å². The Hall–Kier alpha value is -2.53. The normalized spacial score (nSPS) is 10.4. The lowest BCUT2D eigenvalue weighted by Crippen LogP contribution is -2.13. The summed E-state index contributed by atoms with van der Waals surface area (Å²) in [4.78, 5) is 20.4. The van der Waals surface area contributed by atoms with Gasteiger partial charge in [-0.15, -0.1) is 0 Å². The van der Waals surface area contributed by atoms with Gasteiger partial charge in [0.2, 0.25) is 5.91 Å². The zero-order chi connectivity index (χ0) is 16.8. The summed E-state index contributed by atoms with van der Waals surface area (Å²) in [7, 11) is 0. The van der Waals surface area contributed by atoms with Crippen molar-refractivity contribution in [2.75, 3.05) is 5.32 Å². The molecule has 0 fully saturated rings. The van der Waals surface area contributed by atoms with E-state index in [2.05, 4.69) is 31.2 Å². The first-order chi connectivity index (χ1) is 11.7. The lowest BCUT2D eigenvalue weighted by Gasteiger charge is -2.06. The number of hydrogen-bond acceptors (Lipinski definition) is 3. The van der Waals surface area contributed by atoms with Crippen molar-refractivity contribution in [2.45, 2.75) is 12.8 Å². The summed E-state index contributed by atoms with van der Waals surface area (Å²) in [5.41, 5.74) is 3.13. The third kappa shape index (κ3) is 4.49. The Bertz CT molecular complexity index is 820. The highest BCUT2D eigenvalue weighted by molar-refractivity contribution is 9.10. The van der Waals surface area contributed by atoms with Crippen LogP contribution >= 0.6 is 15.9 Å². The number of carbonyl (C=O) groups is 1. The molecule has 0 aliphatic carbocycles. The van der Waals surface area contributed by atoms with E-state index in [0.717, 1.165) is 21.2 Å². The largest absolute Gasteiger partial charge is 0.311 e. The van der Waals surface area contributed by atoms with Crippen LogP contribution in [0.3, 0.4) is 0 Å². The number of carbonyl (C=O) groups excluding carboxylic acids is 1. The zero-order valence-corrected chi connectivity index (χ0v) is 14.5. The van der Waals surface area contributed by atoms with E-state index in [1.165, 1.54) is 0 Å². The van der Waals surface area contributed by atoms with Crippen LogP contribution in [-0.4, -0.2) is 15.9 Å². The highest BCUT2D eigenvalue weighted by atomic mass is 79.9. The summed E-state index contributed by atoms with van der Waals surface area (Å²) in [6.07, 6.45) is 6.33. The molecule has 5 heteroatoms. The molecule has 0 spiro atoms. The maximum atomic E-state index is 12.0. The van der Waals surface area contributed by atoms with E-state index in [4.69, 9.17) is 0 Å². The van der Waals surface area contributed by atoms with Gasteiger partial charge in [-0.25, -0.2) is 4.98 Å². The third-order valence-corrected chi connectivity index (χ3v) is 4.05. The number of amides is 1. The Morgan fingerprint density at radius 3 is 2.67 bits per heavy atom. The van der Waals surface area contributed by atoms with Crippen LogP contribution in [0.25, 0.3) is 11.1 Å². The summed E-state index contributed by atoms with van der Waals surface area (Å²) < 4.78 is 1.02. The molecule has 3 aromatic rings. The molecular formula is C19H16BrN3O. The first kappa shape index (κ1) is 16.3. The van der Waals surface area contributed by atoms with Crippen LogP contribution < -0.4 is 5.32 Å². The van der Waals surface area contributed by atoms with Crippen LogP contribution in [0.1, 0.15) is 12.0 Å². The minimum Gasteiger partial charge on any atom is -0.311 e. The predicted octanol–water partition coefficient (Wildman–Crippen LogP) is 4.48. The van der Waals surface area contributed by atoms with Crippen molar-refractivity contribution in [3.8, 4) is 11.1 Å². The second-order valence-electron chi connectivity index (χ2n) is 5.35. The Morgan fingerprint density at radius 2 is 1.96 bits per heavy atom. The van der Waals surface area contributed by atoms with Crippen molar-refractivity contribution in [1.82, 2.24) is 9.97 Å². The third-order valence-electron chi connectivity index (χ3n) is 3.55. The van der Waals surface area contributed by atoms with E-state index in [9.17, 15) is 4.79 Å². The topological polar surface area (TPSA) is 54.9 Å². The number of benzene rings is 1. The molecule has 0 atom stereocenters. The van der Waals surface area contributed by atoms with E-state index in [1.807, 2.05) is 48.5 Å². The molecule has 0 unspecified atom stereocenters. The zero-order valence-electron chi connectivity index (χ0n) is 12.9. The van der Waals surface area contributed by atoms with Gasteiger partial charge < -0.3 is 5.32 Å². The summed E-state index contributed by atoms with van der Waals surface area (Å²) in [5.74, 6) is 0.506. The van der Waals surface area contributed by atoms with Gasteiger partial charge in [-0.2, -0.15) is 0 Å². The number of nitrogens with zero attached hydrogens (tertiary/aromatic N) is 2. The first-order valence-electron chi connectivity index (χ1n) is 7.61. The Labute approximate surface area is 149 Å². The van der Waals surface area contributed by atoms with Gasteiger partial charge in [0.15, 0.2) is 0 Å². The van der Waals surface area contributed by atoms with Gasteiger partial charge >= 0.3 is 0 Å². The number of aromatic nitrogens is 2. The molecular weight excluding hydrogens is 366 g/mol. The number of hydrogen-bond donors (Lipinski definition) is 1. The van der Waals surface area contributed by atoms with Crippen LogP contribution in [0, 0.1) is 0 Å². The van der Waals surface area contributed by atoms with Crippen LogP contribution in [-0.2, 0) is 11.2 Å². The second kappa shape index (κ2) is 7.84. The molecule has 4 nitrogen and oxygen atoms in total. The average molecular weight is 382 g/mol. The Morgan fingerprint density at radius 1 is 1.04 bits per heavy atom. The maximum absolute atomic E-state index is 12.0. The number of anilines is 1. The van der Waals surface area contributed by atoms with Crippen LogP contribution in [0.5, 0.6) is 0 Å². The van der Waals surface area contributed by atoms with Crippen LogP contribution in [0.15, 0.2) is 71.6 Å². The molecule has 2 heterocycles. The second-order valence-corrected chi connectivity index (χ2v) is 6.27. The van der Waals surface area contributed by atoms with Crippen molar-refractivity contribution in [3.63, 3.8) is 0 Å². The molecule has 0 saturated carbocycles. The van der Waals surface area contributed by atoms with E-state index in [-0.39, 0.29) is 5.91 Å². The van der Waals surface area contributed by atoms with Crippen LogP contribution in [0.4, 0.5) is 5.82 Å². The average Bonchev–Trinajstić information content (AvgIpc) is 2.61. The van der Waals surface area contributed by atoms with Gasteiger partial charge in [0.1, 0.15) is 5.82 Å². The predicted molar refractivity (Wildman–Crippen MR) is 98.6 cm³/mol. The van der Waals surface area contributed by atoms with E-state index in [1.54, 1.807) is 18.6 Å². The fourth-order valence-electron chi connectivity index (χ4n) is 2.32. The molecule has 120 valence electrons. The number of nitrogens with one attached hydrogen (secondary N) is 1. The van der Waals surface area contributed by atoms with Gasteiger partial charge in [-0.3, -0.25) is 9.78 Å². The molecule has 1 N–H and O–H groups in total. The standard InChI is InChI=1S/C19H16BrN3O/c20-17-5-1-4-15(11-17)16-7-8-18(22-13-16)23-19(24)9-6-14-3-2-10-21-12-14/h1-5,7-8,10-13H,6,9H2,(H,22,23,24). The van der Waals surface area contributed by atoms with Gasteiger partial charge in [0, 0.05) is 35.0 Å². The molecule has 0 saturated heterocycles. The van der Waals surface area contributed by atoms with E-state index in [0.29, 0.717) is 18.7 Å².